The molecule has 1 saturated heterocycles. The number of rotatable bonds is 7. The van der Waals surface area contributed by atoms with Gasteiger partial charge in [-0.25, -0.2) is 9.78 Å². The van der Waals surface area contributed by atoms with Crippen LogP contribution in [0, 0.1) is 5.92 Å². The van der Waals surface area contributed by atoms with Gasteiger partial charge in [-0.2, -0.15) is 0 Å². The quantitative estimate of drug-likeness (QED) is 0.353. The van der Waals surface area contributed by atoms with Gasteiger partial charge in [-0.1, -0.05) is 25.9 Å². The van der Waals surface area contributed by atoms with Crippen molar-refractivity contribution >= 4 is 29.1 Å². The smallest absolute Gasteiger partial charge is 0.324 e. The van der Waals surface area contributed by atoms with Crippen LogP contribution in [-0.2, 0) is 5.41 Å². The van der Waals surface area contributed by atoms with Crippen LogP contribution >= 0.6 is 0 Å². The van der Waals surface area contributed by atoms with Gasteiger partial charge in [0.2, 0.25) is 0 Å². The van der Waals surface area contributed by atoms with Crippen LogP contribution in [0.3, 0.4) is 0 Å². The number of pyridine rings is 1. The van der Waals surface area contributed by atoms with Crippen LogP contribution in [0.5, 0.6) is 5.75 Å². The second kappa shape index (κ2) is 10.6. The number of benzene rings is 1. The summed E-state index contributed by atoms with van der Waals surface area (Å²) in [6.45, 7) is 12.1. The minimum atomic E-state index is -0.454. The molecule has 0 spiro atoms. The van der Waals surface area contributed by atoms with Crippen molar-refractivity contribution in [1.29, 1.82) is 0 Å². The van der Waals surface area contributed by atoms with Crippen molar-refractivity contribution < 1.29 is 18.8 Å². The van der Waals surface area contributed by atoms with E-state index in [-0.39, 0.29) is 22.6 Å². The van der Waals surface area contributed by atoms with Gasteiger partial charge in [-0.05, 0) is 63.2 Å². The molecule has 0 aliphatic carbocycles. The minimum Gasteiger partial charge on any atom is -0.486 e. The van der Waals surface area contributed by atoms with Gasteiger partial charge in [0.15, 0.2) is 5.82 Å². The number of amides is 3. The summed E-state index contributed by atoms with van der Waals surface area (Å²) in [5.74, 6) is 1.70. The number of hydrogen-bond acceptors (Lipinski definition) is 7. The van der Waals surface area contributed by atoms with Crippen LogP contribution in [0.2, 0.25) is 0 Å². The molecule has 4 N–H and O–H groups in total. The maximum atomic E-state index is 12.6. The van der Waals surface area contributed by atoms with Gasteiger partial charge >= 0.3 is 6.03 Å². The number of aromatic nitrogens is 2. The van der Waals surface area contributed by atoms with E-state index in [4.69, 9.17) is 9.26 Å². The summed E-state index contributed by atoms with van der Waals surface area (Å²) < 4.78 is 11.4. The van der Waals surface area contributed by atoms with E-state index in [0.29, 0.717) is 34.6 Å². The number of nitrogens with one attached hydrogen (secondary N) is 4. The molecule has 10 heteroatoms. The lowest BCUT2D eigenvalue weighted by Gasteiger charge is -2.32. The lowest BCUT2D eigenvalue weighted by atomic mass is 9.90. The van der Waals surface area contributed by atoms with Crippen molar-refractivity contribution in [3.05, 3.63) is 60.1 Å². The summed E-state index contributed by atoms with van der Waals surface area (Å²) in [4.78, 5) is 29.2. The number of urea groups is 1. The van der Waals surface area contributed by atoms with Crippen LogP contribution in [-0.4, -0.2) is 40.8 Å². The van der Waals surface area contributed by atoms with E-state index in [2.05, 4.69) is 45.3 Å². The Morgan fingerprint density at radius 1 is 1.00 bits per heavy atom. The lowest BCUT2D eigenvalue weighted by Crippen LogP contribution is -2.38. The van der Waals surface area contributed by atoms with Crippen LogP contribution in [0.1, 0.15) is 57.3 Å². The summed E-state index contributed by atoms with van der Waals surface area (Å²) in [6.07, 6.45) is 2.64. The zero-order valence-corrected chi connectivity index (χ0v) is 21.8. The van der Waals surface area contributed by atoms with Crippen molar-refractivity contribution in [2.75, 3.05) is 29.0 Å². The fraction of sp³-hybridized carbons (Fsp3) is 0.407. The standard InChI is InChI=1S/C27H34N6O4/c1-26(2,3)22-14-23(33-37-22)32-25(35)31-19-8-6-18(7-9-19)30-24(34)21-11-10-20(16-29-21)36-27(4,5)17-12-13-28-15-17/h6-11,14,16-17,28H,12-13,15H2,1-5H3,(H,30,34)(H2,31,32,33,35)/t17-/m1/s1. The zero-order valence-electron chi connectivity index (χ0n) is 21.8. The Kier molecular flexibility index (Phi) is 7.49. The van der Waals surface area contributed by atoms with Gasteiger partial charge in [0.1, 0.15) is 22.8 Å². The Bertz CT molecular complexity index is 1220. The molecule has 3 heterocycles. The second-order valence-electron chi connectivity index (χ2n) is 10.7. The van der Waals surface area contributed by atoms with Crippen LogP contribution in [0.4, 0.5) is 22.0 Å². The lowest BCUT2D eigenvalue weighted by molar-refractivity contribution is 0.0520. The number of anilines is 3. The maximum Gasteiger partial charge on any atom is 0.324 e. The topological polar surface area (TPSA) is 130 Å². The largest absolute Gasteiger partial charge is 0.486 e. The average molecular weight is 507 g/mol. The molecule has 0 bridgehead atoms. The van der Waals surface area contributed by atoms with E-state index in [1.165, 1.54) is 0 Å². The van der Waals surface area contributed by atoms with E-state index in [9.17, 15) is 9.59 Å². The molecule has 37 heavy (non-hydrogen) atoms. The first kappa shape index (κ1) is 26.2. The van der Waals surface area contributed by atoms with Gasteiger partial charge in [0, 0.05) is 35.3 Å². The summed E-state index contributed by atoms with van der Waals surface area (Å²) in [6, 6.07) is 11.4. The molecular weight excluding hydrogens is 472 g/mol. The fourth-order valence-corrected chi connectivity index (χ4v) is 4.01. The van der Waals surface area contributed by atoms with Crippen LogP contribution < -0.4 is 26.0 Å². The highest BCUT2D eigenvalue weighted by Gasteiger charge is 2.33. The molecule has 196 valence electrons. The Hall–Kier alpha value is -3.92. The highest BCUT2D eigenvalue weighted by atomic mass is 16.5. The first-order valence-electron chi connectivity index (χ1n) is 12.3. The Balaban J connectivity index is 1.28. The highest BCUT2D eigenvalue weighted by Crippen LogP contribution is 2.29. The molecule has 0 saturated carbocycles. The molecule has 1 aliphatic rings. The van der Waals surface area contributed by atoms with Crippen molar-refractivity contribution in [3.8, 4) is 5.75 Å². The molecule has 1 aliphatic heterocycles. The molecule has 10 nitrogen and oxygen atoms in total. The molecular formula is C27H34N6O4. The van der Waals surface area contributed by atoms with Gasteiger partial charge in [0.05, 0.1) is 6.20 Å². The number of nitrogens with zero attached hydrogens (tertiary/aromatic N) is 2. The van der Waals surface area contributed by atoms with E-state index in [1.807, 2.05) is 20.8 Å². The number of carbonyl (C=O) groups is 2. The van der Waals surface area contributed by atoms with E-state index < -0.39 is 6.03 Å². The molecule has 3 amide bonds. The summed E-state index contributed by atoms with van der Waals surface area (Å²) >= 11 is 0. The molecule has 2 aromatic heterocycles. The van der Waals surface area contributed by atoms with Crippen molar-refractivity contribution in [3.63, 3.8) is 0 Å². The SMILES string of the molecule is CC(C)(C)c1cc(NC(=O)Nc2ccc(NC(=O)c3ccc(OC(C)(C)[C@@H]4CCNC4)cn3)cc2)no1. The summed E-state index contributed by atoms with van der Waals surface area (Å²) in [5, 5.41) is 15.4. The molecule has 1 aromatic carbocycles. The van der Waals surface area contributed by atoms with Gasteiger partial charge in [-0.3, -0.25) is 10.1 Å². The third kappa shape index (κ3) is 6.85. The third-order valence-electron chi connectivity index (χ3n) is 6.28. The molecule has 3 aromatic rings. The average Bonchev–Trinajstić information content (AvgIpc) is 3.53. The fourth-order valence-electron chi connectivity index (χ4n) is 4.01. The molecule has 4 rings (SSSR count). The van der Waals surface area contributed by atoms with E-state index >= 15 is 0 Å². The Morgan fingerprint density at radius 2 is 1.70 bits per heavy atom. The van der Waals surface area contributed by atoms with Gasteiger partial charge < -0.3 is 25.2 Å². The second-order valence-corrected chi connectivity index (χ2v) is 10.7. The van der Waals surface area contributed by atoms with Crippen molar-refractivity contribution in [2.24, 2.45) is 5.92 Å². The van der Waals surface area contributed by atoms with Crippen LogP contribution in [0.25, 0.3) is 0 Å². The van der Waals surface area contributed by atoms with E-state index in [1.54, 1.807) is 48.7 Å². The molecule has 0 unspecified atom stereocenters. The van der Waals surface area contributed by atoms with Crippen LogP contribution in [0.15, 0.2) is 53.2 Å². The normalized spacial score (nSPS) is 15.8. The number of hydrogen-bond donors (Lipinski definition) is 4. The van der Waals surface area contributed by atoms with Gasteiger partial charge in [-0.15, -0.1) is 0 Å². The molecule has 1 atom stereocenters. The number of ether oxygens (including phenoxy) is 1. The third-order valence-corrected chi connectivity index (χ3v) is 6.28. The summed E-state index contributed by atoms with van der Waals surface area (Å²) in [5.41, 5.74) is 0.857. The first-order valence-corrected chi connectivity index (χ1v) is 12.3. The highest BCUT2D eigenvalue weighted by molar-refractivity contribution is 6.03. The monoisotopic (exact) mass is 506 g/mol. The Morgan fingerprint density at radius 3 is 2.27 bits per heavy atom. The summed E-state index contributed by atoms with van der Waals surface area (Å²) in [7, 11) is 0. The maximum absolute atomic E-state index is 12.6. The predicted octanol–water partition coefficient (Wildman–Crippen LogP) is 5.03. The molecule has 0 radical (unpaired) electrons. The first-order chi connectivity index (χ1) is 17.5. The molecule has 1 fully saturated rings. The van der Waals surface area contributed by atoms with Gasteiger partial charge in [0.25, 0.3) is 5.91 Å². The predicted molar refractivity (Wildman–Crippen MR) is 142 cm³/mol. The van der Waals surface area contributed by atoms with Crippen molar-refractivity contribution in [2.45, 2.75) is 52.1 Å². The van der Waals surface area contributed by atoms with E-state index in [0.717, 1.165) is 19.5 Å². The number of carbonyl (C=O) groups excluding carboxylic acids is 2. The van der Waals surface area contributed by atoms with Crippen molar-refractivity contribution in [1.82, 2.24) is 15.5 Å². The minimum absolute atomic E-state index is 0.209. The zero-order chi connectivity index (χ0) is 26.6. The Labute approximate surface area is 216 Å².